The predicted molar refractivity (Wildman–Crippen MR) is 108 cm³/mol. The summed E-state index contributed by atoms with van der Waals surface area (Å²) in [6, 6.07) is 15.0. The number of aliphatic hydroxyl groups is 1. The first-order valence-corrected chi connectivity index (χ1v) is 9.78. The van der Waals surface area contributed by atoms with E-state index in [-0.39, 0.29) is 12.1 Å². The van der Waals surface area contributed by atoms with Gasteiger partial charge in [-0.05, 0) is 41.7 Å². The maximum Gasteiger partial charge on any atom is 0.0739 e. The third kappa shape index (κ3) is 3.19. The largest absolute Gasteiger partial charge is 0.398 e. The van der Waals surface area contributed by atoms with E-state index in [0.29, 0.717) is 6.42 Å². The Kier molecular flexibility index (Phi) is 4.88. The summed E-state index contributed by atoms with van der Waals surface area (Å²) in [7, 11) is 0. The molecule has 1 fully saturated rings. The highest BCUT2D eigenvalue weighted by Gasteiger charge is 2.34. The summed E-state index contributed by atoms with van der Waals surface area (Å²) in [5.41, 5.74) is 12.3. The van der Waals surface area contributed by atoms with Gasteiger partial charge in [-0.25, -0.2) is 0 Å². The van der Waals surface area contributed by atoms with Gasteiger partial charge >= 0.3 is 0 Å². The number of nitrogens with zero attached hydrogens (tertiary/aromatic N) is 2. The van der Waals surface area contributed by atoms with E-state index in [1.54, 1.807) is 0 Å². The van der Waals surface area contributed by atoms with Crippen LogP contribution in [-0.2, 0) is 19.3 Å². The minimum Gasteiger partial charge on any atom is -0.398 e. The third-order valence-corrected chi connectivity index (χ3v) is 6.09. The number of benzene rings is 2. The molecule has 0 bridgehead atoms. The summed E-state index contributed by atoms with van der Waals surface area (Å²) in [6.45, 7) is 6.22. The summed E-state index contributed by atoms with van der Waals surface area (Å²) < 4.78 is 0. The van der Waals surface area contributed by atoms with Crippen molar-refractivity contribution in [2.24, 2.45) is 0 Å². The summed E-state index contributed by atoms with van der Waals surface area (Å²) in [5.74, 6) is 0. The van der Waals surface area contributed by atoms with Crippen LogP contribution >= 0.6 is 0 Å². The Morgan fingerprint density at radius 3 is 2.54 bits per heavy atom. The van der Waals surface area contributed by atoms with Crippen LogP contribution in [0.3, 0.4) is 0 Å². The topological polar surface area (TPSA) is 52.7 Å². The monoisotopic (exact) mass is 351 g/mol. The average Bonchev–Trinajstić information content (AvgIpc) is 2.68. The molecule has 1 heterocycles. The zero-order valence-electron chi connectivity index (χ0n) is 15.6. The molecule has 2 aromatic rings. The first kappa shape index (κ1) is 17.4. The molecule has 1 aliphatic heterocycles. The number of fused-ring (bicyclic) bond motifs is 1. The number of nitrogen functional groups attached to an aromatic ring is 1. The molecule has 4 nitrogen and oxygen atoms in total. The fourth-order valence-corrected chi connectivity index (χ4v) is 4.59. The number of rotatable bonds is 3. The Morgan fingerprint density at radius 1 is 1.00 bits per heavy atom. The second-order valence-corrected chi connectivity index (χ2v) is 7.53. The predicted octanol–water partition coefficient (Wildman–Crippen LogP) is 2.48. The van der Waals surface area contributed by atoms with Crippen LogP contribution in [-0.4, -0.2) is 48.3 Å². The van der Waals surface area contributed by atoms with Crippen LogP contribution in [0.2, 0.25) is 0 Å². The number of hydrogen-bond donors (Lipinski definition) is 2. The summed E-state index contributed by atoms with van der Waals surface area (Å²) >= 11 is 0. The maximum absolute atomic E-state index is 10.7. The molecule has 2 atom stereocenters. The quantitative estimate of drug-likeness (QED) is 0.834. The second kappa shape index (κ2) is 7.29. The maximum atomic E-state index is 10.7. The van der Waals surface area contributed by atoms with E-state index in [1.165, 1.54) is 22.4 Å². The first-order chi connectivity index (χ1) is 12.7. The fourth-order valence-electron chi connectivity index (χ4n) is 4.59. The van der Waals surface area contributed by atoms with Crippen molar-refractivity contribution in [2.75, 3.05) is 36.8 Å². The molecule has 2 aliphatic rings. The van der Waals surface area contributed by atoms with Gasteiger partial charge in [-0.2, -0.15) is 0 Å². The van der Waals surface area contributed by atoms with Crippen LogP contribution < -0.4 is 10.6 Å². The molecule has 0 unspecified atom stereocenters. The fraction of sp³-hybridized carbons (Fsp3) is 0.455. The van der Waals surface area contributed by atoms with Gasteiger partial charge in [-0.1, -0.05) is 37.3 Å². The molecule has 1 saturated heterocycles. The molecule has 0 radical (unpaired) electrons. The normalized spacial score (nSPS) is 23.7. The van der Waals surface area contributed by atoms with Crippen molar-refractivity contribution in [1.82, 2.24) is 4.90 Å². The lowest BCUT2D eigenvalue weighted by molar-refractivity contribution is 0.0396. The number of aliphatic hydroxyl groups excluding tert-OH is 1. The van der Waals surface area contributed by atoms with Crippen LogP contribution in [0.15, 0.2) is 42.5 Å². The lowest BCUT2D eigenvalue weighted by atomic mass is 9.84. The lowest BCUT2D eigenvalue weighted by Crippen LogP contribution is -2.56. The molecule has 0 saturated carbocycles. The molecule has 0 aromatic heterocycles. The van der Waals surface area contributed by atoms with Crippen molar-refractivity contribution in [3.8, 4) is 0 Å². The van der Waals surface area contributed by atoms with Crippen molar-refractivity contribution in [3.63, 3.8) is 0 Å². The van der Waals surface area contributed by atoms with E-state index in [0.717, 1.165) is 44.7 Å². The third-order valence-electron chi connectivity index (χ3n) is 6.09. The number of piperazine rings is 1. The number of nitrogens with two attached hydrogens (primary N) is 1. The van der Waals surface area contributed by atoms with Crippen molar-refractivity contribution in [3.05, 3.63) is 59.2 Å². The molecule has 26 heavy (non-hydrogen) atoms. The molecular formula is C22H29N3O. The van der Waals surface area contributed by atoms with Crippen LogP contribution in [0, 0.1) is 0 Å². The minimum absolute atomic E-state index is 0.177. The van der Waals surface area contributed by atoms with Gasteiger partial charge in [-0.15, -0.1) is 0 Å². The Balaban J connectivity index is 1.46. The summed E-state index contributed by atoms with van der Waals surface area (Å²) in [4.78, 5) is 4.96. The Morgan fingerprint density at radius 2 is 1.77 bits per heavy atom. The Hall–Kier alpha value is -2.04. The van der Waals surface area contributed by atoms with Gasteiger partial charge in [0.2, 0.25) is 0 Å². The summed E-state index contributed by atoms with van der Waals surface area (Å²) in [5, 5.41) is 10.7. The molecule has 0 amide bonds. The van der Waals surface area contributed by atoms with E-state index < -0.39 is 0 Å². The molecule has 0 spiro atoms. The van der Waals surface area contributed by atoms with E-state index in [1.807, 2.05) is 12.1 Å². The molecule has 1 aliphatic carbocycles. The molecule has 3 N–H and O–H groups in total. The molecule has 4 rings (SSSR count). The van der Waals surface area contributed by atoms with Crippen molar-refractivity contribution in [1.29, 1.82) is 0 Å². The van der Waals surface area contributed by atoms with Gasteiger partial charge in [-0.3, -0.25) is 4.90 Å². The standard InChI is InChI=1S/C22H29N3O/c1-2-16-6-3-4-9-20(16)24-10-12-25(13-11-24)21-15-18-17(14-22(21)26)7-5-8-19(18)23/h3-9,21-22,26H,2,10-15,23H2,1H3/t21-,22-/m1/s1. The zero-order chi connectivity index (χ0) is 18.1. The second-order valence-electron chi connectivity index (χ2n) is 7.53. The van der Waals surface area contributed by atoms with Crippen molar-refractivity contribution < 1.29 is 5.11 Å². The van der Waals surface area contributed by atoms with Gasteiger partial charge in [0.05, 0.1) is 6.10 Å². The van der Waals surface area contributed by atoms with Crippen LogP contribution in [0.5, 0.6) is 0 Å². The highest BCUT2D eigenvalue weighted by atomic mass is 16.3. The van der Waals surface area contributed by atoms with Crippen LogP contribution in [0.25, 0.3) is 0 Å². The van der Waals surface area contributed by atoms with Gasteiger partial charge in [0.15, 0.2) is 0 Å². The number of para-hydroxylation sites is 1. The van der Waals surface area contributed by atoms with Crippen molar-refractivity contribution in [2.45, 2.75) is 38.3 Å². The SMILES string of the molecule is CCc1ccccc1N1CCN([C@@H]2Cc3c(N)cccc3C[C@H]2O)CC1. The average molecular weight is 351 g/mol. The van der Waals surface area contributed by atoms with Gasteiger partial charge in [0, 0.05) is 50.0 Å². The van der Waals surface area contributed by atoms with Gasteiger partial charge < -0.3 is 15.7 Å². The molecule has 4 heteroatoms. The van der Waals surface area contributed by atoms with Crippen molar-refractivity contribution >= 4 is 11.4 Å². The van der Waals surface area contributed by atoms with E-state index in [4.69, 9.17) is 5.73 Å². The van der Waals surface area contributed by atoms with Gasteiger partial charge in [0.1, 0.15) is 0 Å². The smallest absolute Gasteiger partial charge is 0.0739 e. The summed E-state index contributed by atoms with van der Waals surface area (Å²) in [6.07, 6.45) is 2.32. The lowest BCUT2D eigenvalue weighted by Gasteiger charge is -2.44. The number of aryl methyl sites for hydroxylation is 1. The molecule has 138 valence electrons. The highest BCUT2D eigenvalue weighted by Crippen LogP contribution is 2.30. The van der Waals surface area contributed by atoms with E-state index in [9.17, 15) is 5.11 Å². The van der Waals surface area contributed by atoms with E-state index in [2.05, 4.69) is 47.1 Å². The minimum atomic E-state index is -0.307. The Bertz CT molecular complexity index is 768. The molecular weight excluding hydrogens is 322 g/mol. The van der Waals surface area contributed by atoms with Crippen LogP contribution in [0.4, 0.5) is 11.4 Å². The van der Waals surface area contributed by atoms with E-state index >= 15 is 0 Å². The van der Waals surface area contributed by atoms with Crippen LogP contribution in [0.1, 0.15) is 23.6 Å². The highest BCUT2D eigenvalue weighted by molar-refractivity contribution is 5.54. The zero-order valence-corrected chi connectivity index (χ0v) is 15.6. The number of anilines is 2. The Labute approximate surface area is 156 Å². The first-order valence-electron chi connectivity index (χ1n) is 9.78. The number of hydrogen-bond acceptors (Lipinski definition) is 4. The molecule has 2 aromatic carbocycles. The van der Waals surface area contributed by atoms with Gasteiger partial charge in [0.25, 0.3) is 0 Å².